The fraction of sp³-hybridized carbons (Fsp3) is 0.267. The van der Waals surface area contributed by atoms with Gasteiger partial charge in [-0.1, -0.05) is 17.7 Å². The summed E-state index contributed by atoms with van der Waals surface area (Å²) < 4.78 is 0. The quantitative estimate of drug-likeness (QED) is 0.784. The van der Waals surface area contributed by atoms with Gasteiger partial charge in [-0.25, -0.2) is 0 Å². The summed E-state index contributed by atoms with van der Waals surface area (Å²) in [4.78, 5) is 17.3. The van der Waals surface area contributed by atoms with Crippen molar-refractivity contribution >= 4 is 34.1 Å². The van der Waals surface area contributed by atoms with Crippen LogP contribution >= 0.6 is 11.6 Å². The largest absolute Gasteiger partial charge is 0.353 e. The normalized spacial score (nSPS) is 18.3. The zero-order chi connectivity index (χ0) is 13.0. The molecule has 1 aromatic carbocycles. The number of halogens is 1. The van der Waals surface area contributed by atoms with E-state index < -0.39 is 0 Å². The summed E-state index contributed by atoms with van der Waals surface area (Å²) in [5.41, 5.74) is 4.52. The fourth-order valence-corrected chi connectivity index (χ4v) is 3.29. The van der Waals surface area contributed by atoms with Crippen LogP contribution < -0.4 is 0 Å². The number of hydrogen-bond donors (Lipinski definition) is 1. The molecule has 3 nitrogen and oxygen atoms in total. The molecule has 3 heterocycles. The van der Waals surface area contributed by atoms with E-state index in [9.17, 15) is 4.79 Å². The molecule has 0 bridgehead atoms. The van der Waals surface area contributed by atoms with Gasteiger partial charge < -0.3 is 9.88 Å². The van der Waals surface area contributed by atoms with E-state index in [4.69, 9.17) is 11.6 Å². The van der Waals surface area contributed by atoms with E-state index in [1.807, 2.05) is 23.1 Å². The molecule has 4 rings (SSSR count). The third-order valence-electron chi connectivity index (χ3n) is 4.00. The van der Waals surface area contributed by atoms with Gasteiger partial charge in [0.25, 0.3) is 0 Å². The van der Waals surface area contributed by atoms with Crippen molar-refractivity contribution in [3.8, 4) is 0 Å². The van der Waals surface area contributed by atoms with Crippen LogP contribution in [0, 0.1) is 0 Å². The molecule has 4 heteroatoms. The van der Waals surface area contributed by atoms with Crippen LogP contribution in [0.3, 0.4) is 0 Å². The predicted octanol–water partition coefficient (Wildman–Crippen LogP) is 3.34. The number of amides is 1. The van der Waals surface area contributed by atoms with E-state index in [0.717, 1.165) is 41.3 Å². The number of nitrogens with one attached hydrogen (secondary N) is 1. The standard InChI is InChI=1S/C15H13ClN2O/c16-9-4-5-12-11(8-9)10-6-7-18-13(15(10)17-12)2-1-3-14(18)19/h2,4-5,8,17H,1,3,6-7H2. The third-order valence-corrected chi connectivity index (χ3v) is 4.23. The van der Waals surface area contributed by atoms with Crippen molar-refractivity contribution in [3.05, 3.63) is 40.6 Å². The van der Waals surface area contributed by atoms with Crippen LogP contribution in [0.25, 0.3) is 16.6 Å². The van der Waals surface area contributed by atoms with Crippen LogP contribution in [0.4, 0.5) is 0 Å². The monoisotopic (exact) mass is 272 g/mol. The lowest BCUT2D eigenvalue weighted by Crippen LogP contribution is -2.36. The maximum Gasteiger partial charge on any atom is 0.227 e. The number of rotatable bonds is 0. The highest BCUT2D eigenvalue weighted by atomic mass is 35.5. The Labute approximate surface area is 115 Å². The lowest BCUT2D eigenvalue weighted by Gasteiger charge is -2.32. The van der Waals surface area contributed by atoms with Crippen LogP contribution in [-0.2, 0) is 11.2 Å². The number of carbonyl (C=O) groups is 1. The number of H-pyrrole nitrogens is 1. The summed E-state index contributed by atoms with van der Waals surface area (Å²) in [5.74, 6) is 0.236. The van der Waals surface area contributed by atoms with E-state index >= 15 is 0 Å². The molecule has 0 radical (unpaired) electrons. The molecule has 1 amide bonds. The van der Waals surface area contributed by atoms with Crippen LogP contribution in [0.1, 0.15) is 24.1 Å². The molecule has 0 spiro atoms. The summed E-state index contributed by atoms with van der Waals surface area (Å²) in [6, 6.07) is 5.91. The average molecular weight is 273 g/mol. The summed E-state index contributed by atoms with van der Waals surface area (Å²) in [6.45, 7) is 0.775. The van der Waals surface area contributed by atoms with Crippen molar-refractivity contribution in [1.29, 1.82) is 0 Å². The van der Waals surface area contributed by atoms with Gasteiger partial charge >= 0.3 is 0 Å². The second kappa shape index (κ2) is 3.87. The zero-order valence-corrected chi connectivity index (χ0v) is 11.1. The zero-order valence-electron chi connectivity index (χ0n) is 10.4. The number of benzene rings is 1. The fourth-order valence-electron chi connectivity index (χ4n) is 3.12. The van der Waals surface area contributed by atoms with Crippen LogP contribution in [0.2, 0.25) is 5.02 Å². The second-order valence-corrected chi connectivity index (χ2v) is 5.53. The molecule has 96 valence electrons. The Kier molecular flexibility index (Phi) is 2.27. The molecule has 0 saturated carbocycles. The molecule has 0 unspecified atom stereocenters. The van der Waals surface area contributed by atoms with E-state index in [0.29, 0.717) is 6.42 Å². The van der Waals surface area contributed by atoms with Gasteiger partial charge in [0.15, 0.2) is 0 Å². The lowest BCUT2D eigenvalue weighted by atomic mass is 9.97. The number of nitrogens with zero attached hydrogens (tertiary/aromatic N) is 1. The lowest BCUT2D eigenvalue weighted by molar-refractivity contribution is -0.128. The van der Waals surface area contributed by atoms with E-state index in [1.165, 1.54) is 10.9 Å². The SMILES string of the molecule is O=C1CCC=C2c3[nH]c4ccc(Cl)cc4c3CCN12. The molecule has 1 aromatic heterocycles. The van der Waals surface area contributed by atoms with Crippen molar-refractivity contribution in [2.24, 2.45) is 0 Å². The highest BCUT2D eigenvalue weighted by Crippen LogP contribution is 2.37. The van der Waals surface area contributed by atoms with Crippen LogP contribution in [0.5, 0.6) is 0 Å². The van der Waals surface area contributed by atoms with Crippen molar-refractivity contribution in [3.63, 3.8) is 0 Å². The summed E-state index contributed by atoms with van der Waals surface area (Å²) in [6.07, 6.45) is 4.51. The number of allylic oxidation sites excluding steroid dienone is 1. The Morgan fingerprint density at radius 2 is 2.16 bits per heavy atom. The Bertz CT molecular complexity index is 729. The van der Waals surface area contributed by atoms with Gasteiger partial charge in [-0.3, -0.25) is 4.79 Å². The molecule has 2 aromatic rings. The molecule has 19 heavy (non-hydrogen) atoms. The maximum absolute atomic E-state index is 12.0. The third kappa shape index (κ3) is 1.55. The number of carbonyl (C=O) groups excluding carboxylic acids is 1. The second-order valence-electron chi connectivity index (χ2n) is 5.09. The maximum atomic E-state index is 12.0. The highest BCUT2D eigenvalue weighted by Gasteiger charge is 2.30. The van der Waals surface area contributed by atoms with E-state index in [1.54, 1.807) is 0 Å². The summed E-state index contributed by atoms with van der Waals surface area (Å²) >= 11 is 6.09. The Morgan fingerprint density at radius 3 is 3.05 bits per heavy atom. The predicted molar refractivity (Wildman–Crippen MR) is 75.9 cm³/mol. The van der Waals surface area contributed by atoms with Gasteiger partial charge in [-0.2, -0.15) is 0 Å². The molecular formula is C15H13ClN2O. The van der Waals surface area contributed by atoms with Crippen LogP contribution in [0.15, 0.2) is 24.3 Å². The van der Waals surface area contributed by atoms with Gasteiger partial charge in [0, 0.05) is 28.9 Å². The number of hydrogen-bond acceptors (Lipinski definition) is 1. The van der Waals surface area contributed by atoms with E-state index in [-0.39, 0.29) is 5.91 Å². The van der Waals surface area contributed by atoms with Crippen LogP contribution in [-0.4, -0.2) is 22.3 Å². The van der Waals surface area contributed by atoms with Crippen molar-refractivity contribution in [1.82, 2.24) is 9.88 Å². The molecule has 1 N–H and O–H groups in total. The van der Waals surface area contributed by atoms with Gasteiger partial charge in [0.2, 0.25) is 5.91 Å². The number of fused-ring (bicyclic) bond motifs is 5. The topological polar surface area (TPSA) is 36.1 Å². The van der Waals surface area contributed by atoms with Gasteiger partial charge in [0.1, 0.15) is 0 Å². The minimum atomic E-state index is 0.236. The van der Waals surface area contributed by atoms with Gasteiger partial charge in [0.05, 0.1) is 11.4 Å². The minimum Gasteiger partial charge on any atom is -0.353 e. The van der Waals surface area contributed by atoms with Crippen molar-refractivity contribution < 1.29 is 4.79 Å². The van der Waals surface area contributed by atoms with Gasteiger partial charge in [-0.05, 0) is 36.6 Å². The Hall–Kier alpha value is -1.74. The number of aromatic amines is 1. The number of aromatic nitrogens is 1. The summed E-state index contributed by atoms with van der Waals surface area (Å²) in [5, 5.41) is 1.94. The minimum absolute atomic E-state index is 0.236. The molecule has 0 atom stereocenters. The molecule has 0 aliphatic carbocycles. The molecule has 0 fully saturated rings. The molecule has 2 aliphatic rings. The molecule has 2 aliphatic heterocycles. The first kappa shape index (κ1) is 11.1. The highest BCUT2D eigenvalue weighted by molar-refractivity contribution is 6.31. The summed E-state index contributed by atoms with van der Waals surface area (Å²) in [7, 11) is 0. The molecule has 0 saturated heterocycles. The smallest absolute Gasteiger partial charge is 0.227 e. The van der Waals surface area contributed by atoms with Crippen molar-refractivity contribution in [2.75, 3.05) is 6.54 Å². The van der Waals surface area contributed by atoms with Gasteiger partial charge in [-0.15, -0.1) is 0 Å². The molecular weight excluding hydrogens is 260 g/mol. The Morgan fingerprint density at radius 1 is 1.26 bits per heavy atom. The Balaban J connectivity index is 1.97. The first-order valence-electron chi connectivity index (χ1n) is 6.55. The average Bonchev–Trinajstić information content (AvgIpc) is 2.77. The van der Waals surface area contributed by atoms with E-state index in [2.05, 4.69) is 11.1 Å². The van der Waals surface area contributed by atoms with Crippen molar-refractivity contribution in [2.45, 2.75) is 19.3 Å². The first-order valence-corrected chi connectivity index (χ1v) is 6.93. The first-order chi connectivity index (χ1) is 9.24.